The molecule has 0 aromatic rings. The lowest BCUT2D eigenvalue weighted by molar-refractivity contribution is 0.161. The van der Waals surface area contributed by atoms with Crippen molar-refractivity contribution in [1.29, 1.82) is 0 Å². The first-order valence-corrected chi connectivity index (χ1v) is 4.29. The van der Waals surface area contributed by atoms with E-state index in [1.165, 1.54) is 19.3 Å². The Kier molecular flexibility index (Phi) is 7.89. The van der Waals surface area contributed by atoms with Crippen LogP contribution in [0, 0.1) is 0 Å². The molecule has 0 radical (unpaired) electrons. The van der Waals surface area contributed by atoms with Crippen LogP contribution >= 0.6 is 0 Å². The first-order valence-electron chi connectivity index (χ1n) is 4.29. The minimum atomic E-state index is 0.0986. The number of methoxy groups -OCH3 is 1. The second-order valence-electron chi connectivity index (χ2n) is 2.74. The van der Waals surface area contributed by atoms with Crippen LogP contribution in [0.15, 0.2) is 0 Å². The Balaban J connectivity index is 3.02. The molecule has 3 N–H and O–H groups in total. The number of ether oxygens (including phenoxy) is 1. The van der Waals surface area contributed by atoms with Gasteiger partial charge in [-0.3, -0.25) is 5.32 Å². The van der Waals surface area contributed by atoms with Gasteiger partial charge in [-0.15, -0.1) is 0 Å². The summed E-state index contributed by atoms with van der Waals surface area (Å²) >= 11 is 0. The fraction of sp³-hybridized carbons (Fsp3) is 1.00. The fourth-order valence-corrected chi connectivity index (χ4v) is 0.907. The summed E-state index contributed by atoms with van der Waals surface area (Å²) in [6, 6.07) is 0. The molecule has 68 valence electrons. The van der Waals surface area contributed by atoms with Crippen LogP contribution in [0.25, 0.3) is 0 Å². The SMILES string of the molecule is CCCCCC(N)NCOC. The summed E-state index contributed by atoms with van der Waals surface area (Å²) in [6.07, 6.45) is 4.85. The highest BCUT2D eigenvalue weighted by Crippen LogP contribution is 1.99. The molecule has 0 aliphatic rings. The zero-order valence-electron chi connectivity index (χ0n) is 7.60. The topological polar surface area (TPSA) is 47.3 Å². The quantitative estimate of drug-likeness (QED) is 0.432. The van der Waals surface area contributed by atoms with Gasteiger partial charge >= 0.3 is 0 Å². The molecule has 11 heavy (non-hydrogen) atoms. The van der Waals surface area contributed by atoms with E-state index in [1.807, 2.05) is 0 Å². The molecule has 0 aliphatic heterocycles. The zero-order chi connectivity index (χ0) is 8.53. The molecule has 0 heterocycles. The molecule has 0 aromatic heterocycles. The van der Waals surface area contributed by atoms with Crippen molar-refractivity contribution < 1.29 is 4.74 Å². The Morgan fingerprint density at radius 3 is 2.73 bits per heavy atom. The van der Waals surface area contributed by atoms with Crippen LogP contribution in [0.2, 0.25) is 0 Å². The summed E-state index contributed by atoms with van der Waals surface area (Å²) in [4.78, 5) is 0. The van der Waals surface area contributed by atoms with E-state index in [0.717, 1.165) is 6.42 Å². The third-order valence-corrected chi connectivity index (χ3v) is 1.61. The second-order valence-corrected chi connectivity index (χ2v) is 2.74. The zero-order valence-corrected chi connectivity index (χ0v) is 7.60. The maximum atomic E-state index is 5.71. The summed E-state index contributed by atoms with van der Waals surface area (Å²) in [5.74, 6) is 0. The fourth-order valence-electron chi connectivity index (χ4n) is 0.907. The lowest BCUT2D eigenvalue weighted by Gasteiger charge is -2.11. The molecule has 3 nitrogen and oxygen atoms in total. The summed E-state index contributed by atoms with van der Waals surface area (Å²) < 4.78 is 4.83. The third kappa shape index (κ3) is 7.78. The molecular weight excluding hydrogens is 140 g/mol. The van der Waals surface area contributed by atoms with Crippen LogP contribution in [0.1, 0.15) is 32.6 Å². The highest BCUT2D eigenvalue weighted by Gasteiger charge is 1.98. The van der Waals surface area contributed by atoms with Gasteiger partial charge in [-0.1, -0.05) is 26.2 Å². The van der Waals surface area contributed by atoms with Gasteiger partial charge in [0, 0.05) is 7.11 Å². The van der Waals surface area contributed by atoms with Crippen molar-refractivity contribution in [3.05, 3.63) is 0 Å². The normalized spacial score (nSPS) is 13.4. The number of hydrogen-bond donors (Lipinski definition) is 2. The summed E-state index contributed by atoms with van der Waals surface area (Å²) in [5.41, 5.74) is 5.71. The van der Waals surface area contributed by atoms with Gasteiger partial charge in [0.1, 0.15) is 0 Å². The average Bonchev–Trinajstić information content (AvgIpc) is 2.01. The van der Waals surface area contributed by atoms with Crippen molar-refractivity contribution in [2.24, 2.45) is 5.73 Å². The monoisotopic (exact) mass is 160 g/mol. The predicted molar refractivity (Wildman–Crippen MR) is 47.1 cm³/mol. The molecule has 0 amide bonds. The van der Waals surface area contributed by atoms with E-state index in [0.29, 0.717) is 6.73 Å². The molecule has 1 unspecified atom stereocenters. The lowest BCUT2D eigenvalue weighted by atomic mass is 10.2. The average molecular weight is 160 g/mol. The molecule has 0 aromatic carbocycles. The minimum Gasteiger partial charge on any atom is -0.369 e. The largest absolute Gasteiger partial charge is 0.369 e. The highest BCUT2D eigenvalue weighted by atomic mass is 16.5. The molecule has 3 heteroatoms. The predicted octanol–water partition coefficient (Wildman–Crippen LogP) is 1.05. The maximum Gasteiger partial charge on any atom is 0.0973 e. The van der Waals surface area contributed by atoms with Crippen molar-refractivity contribution in [2.45, 2.75) is 38.8 Å². The number of hydrogen-bond acceptors (Lipinski definition) is 3. The van der Waals surface area contributed by atoms with Crippen LogP contribution in [0.3, 0.4) is 0 Å². The van der Waals surface area contributed by atoms with Gasteiger partial charge < -0.3 is 10.5 Å². The molecule has 0 saturated heterocycles. The van der Waals surface area contributed by atoms with Crippen LogP contribution in [-0.2, 0) is 4.74 Å². The van der Waals surface area contributed by atoms with Crippen molar-refractivity contribution in [3.8, 4) is 0 Å². The van der Waals surface area contributed by atoms with Crippen molar-refractivity contribution in [3.63, 3.8) is 0 Å². The van der Waals surface area contributed by atoms with E-state index in [2.05, 4.69) is 12.2 Å². The summed E-state index contributed by atoms with van der Waals surface area (Å²) in [7, 11) is 1.66. The molecular formula is C8H20N2O. The minimum absolute atomic E-state index is 0.0986. The van der Waals surface area contributed by atoms with Crippen molar-refractivity contribution in [2.75, 3.05) is 13.8 Å². The smallest absolute Gasteiger partial charge is 0.0973 e. The van der Waals surface area contributed by atoms with Crippen molar-refractivity contribution in [1.82, 2.24) is 5.32 Å². The Morgan fingerprint density at radius 2 is 2.18 bits per heavy atom. The van der Waals surface area contributed by atoms with Crippen LogP contribution in [0.5, 0.6) is 0 Å². The second kappa shape index (κ2) is 7.98. The van der Waals surface area contributed by atoms with Crippen molar-refractivity contribution >= 4 is 0 Å². The van der Waals surface area contributed by atoms with E-state index < -0.39 is 0 Å². The van der Waals surface area contributed by atoms with Gasteiger partial charge in [0.25, 0.3) is 0 Å². The molecule has 0 fully saturated rings. The highest BCUT2D eigenvalue weighted by molar-refractivity contribution is 4.55. The van der Waals surface area contributed by atoms with E-state index in [-0.39, 0.29) is 6.17 Å². The van der Waals surface area contributed by atoms with Gasteiger partial charge in [-0.2, -0.15) is 0 Å². The molecule has 0 spiro atoms. The Hall–Kier alpha value is -0.120. The molecule has 0 rings (SSSR count). The van der Waals surface area contributed by atoms with E-state index >= 15 is 0 Å². The van der Waals surface area contributed by atoms with E-state index in [1.54, 1.807) is 7.11 Å². The Labute approximate surface area is 69.3 Å². The van der Waals surface area contributed by atoms with Crippen LogP contribution in [0.4, 0.5) is 0 Å². The Morgan fingerprint density at radius 1 is 1.45 bits per heavy atom. The summed E-state index contributed by atoms with van der Waals surface area (Å²) in [5, 5.41) is 3.05. The standard InChI is InChI=1S/C8H20N2O/c1-3-4-5-6-8(9)10-7-11-2/h8,10H,3-7,9H2,1-2H3. The van der Waals surface area contributed by atoms with Gasteiger partial charge in [0.2, 0.25) is 0 Å². The number of nitrogens with two attached hydrogens (primary N) is 1. The number of nitrogens with one attached hydrogen (secondary N) is 1. The van der Waals surface area contributed by atoms with Crippen LogP contribution < -0.4 is 11.1 Å². The van der Waals surface area contributed by atoms with E-state index in [9.17, 15) is 0 Å². The molecule has 1 atom stereocenters. The van der Waals surface area contributed by atoms with E-state index in [4.69, 9.17) is 10.5 Å². The Bertz CT molecular complexity index is 78.5. The van der Waals surface area contributed by atoms with Gasteiger partial charge in [-0.05, 0) is 6.42 Å². The number of rotatable bonds is 7. The van der Waals surface area contributed by atoms with Gasteiger partial charge in [-0.25, -0.2) is 0 Å². The van der Waals surface area contributed by atoms with Gasteiger partial charge in [0.15, 0.2) is 0 Å². The van der Waals surface area contributed by atoms with Gasteiger partial charge in [0.05, 0.1) is 12.9 Å². The molecule has 0 saturated carbocycles. The number of unbranched alkanes of at least 4 members (excludes halogenated alkanes) is 2. The lowest BCUT2D eigenvalue weighted by Crippen LogP contribution is -2.38. The first-order chi connectivity index (χ1) is 5.31. The molecule has 0 bridgehead atoms. The molecule has 0 aliphatic carbocycles. The maximum absolute atomic E-state index is 5.71. The van der Waals surface area contributed by atoms with Crippen LogP contribution in [-0.4, -0.2) is 20.0 Å². The summed E-state index contributed by atoms with van der Waals surface area (Å²) in [6.45, 7) is 2.74. The first kappa shape index (κ1) is 10.9. The third-order valence-electron chi connectivity index (χ3n) is 1.61.